The summed E-state index contributed by atoms with van der Waals surface area (Å²) in [6.45, 7) is 2.12. The summed E-state index contributed by atoms with van der Waals surface area (Å²) >= 11 is 0. The third kappa shape index (κ3) is 2.73. The second-order valence-corrected chi connectivity index (χ2v) is 5.06. The van der Waals surface area contributed by atoms with E-state index in [4.69, 9.17) is 0 Å². The molecule has 21 heavy (non-hydrogen) atoms. The first-order valence-electron chi connectivity index (χ1n) is 7.15. The lowest BCUT2D eigenvalue weighted by atomic mass is 9.98. The van der Waals surface area contributed by atoms with Crippen LogP contribution in [0.2, 0.25) is 0 Å². The number of hydrogen-bond donors (Lipinski definition) is 2. The Morgan fingerprint density at radius 1 is 1.05 bits per heavy atom. The Bertz CT molecular complexity index is 702. The molecule has 0 radical (unpaired) electrons. The maximum atomic E-state index is 10.6. The van der Waals surface area contributed by atoms with Crippen molar-refractivity contribution < 1.29 is 5.11 Å². The maximum absolute atomic E-state index is 10.6. The summed E-state index contributed by atoms with van der Waals surface area (Å²) in [6.07, 6.45) is 2.02. The van der Waals surface area contributed by atoms with Crippen LogP contribution in [-0.2, 0) is 6.42 Å². The molecular formula is C18H18N2O. The minimum absolute atomic E-state index is 0.676. The van der Waals surface area contributed by atoms with Crippen molar-refractivity contribution in [3.8, 4) is 11.3 Å². The zero-order valence-corrected chi connectivity index (χ0v) is 12.0. The zero-order chi connectivity index (χ0) is 14.7. The Hall–Kier alpha value is -2.39. The number of aromatic amines is 1. The van der Waals surface area contributed by atoms with Crippen LogP contribution in [0.25, 0.3) is 11.3 Å². The lowest BCUT2D eigenvalue weighted by Crippen LogP contribution is -2.00. The van der Waals surface area contributed by atoms with Crippen molar-refractivity contribution in [1.29, 1.82) is 0 Å². The van der Waals surface area contributed by atoms with Crippen LogP contribution >= 0.6 is 0 Å². The predicted molar refractivity (Wildman–Crippen MR) is 83.9 cm³/mol. The van der Waals surface area contributed by atoms with Gasteiger partial charge in [-0.1, -0.05) is 61.5 Å². The van der Waals surface area contributed by atoms with E-state index in [0.717, 1.165) is 28.8 Å². The Morgan fingerprint density at radius 2 is 1.76 bits per heavy atom. The molecule has 0 saturated heterocycles. The summed E-state index contributed by atoms with van der Waals surface area (Å²) in [6, 6.07) is 18.0. The second-order valence-electron chi connectivity index (χ2n) is 5.06. The highest BCUT2D eigenvalue weighted by molar-refractivity contribution is 5.63. The maximum Gasteiger partial charge on any atom is 0.108 e. The Balaban J connectivity index is 1.95. The van der Waals surface area contributed by atoms with Crippen LogP contribution in [0.4, 0.5) is 0 Å². The van der Waals surface area contributed by atoms with Crippen molar-refractivity contribution in [2.24, 2.45) is 0 Å². The highest BCUT2D eigenvalue weighted by atomic mass is 16.3. The van der Waals surface area contributed by atoms with Gasteiger partial charge < -0.3 is 5.11 Å². The molecule has 0 spiro atoms. The second kappa shape index (κ2) is 5.94. The van der Waals surface area contributed by atoms with Gasteiger partial charge in [-0.15, -0.1) is 0 Å². The lowest BCUT2D eigenvalue weighted by Gasteiger charge is -2.12. The lowest BCUT2D eigenvalue weighted by molar-refractivity contribution is 0.221. The first kappa shape index (κ1) is 13.6. The fraction of sp³-hybridized carbons (Fsp3) is 0.167. The van der Waals surface area contributed by atoms with Crippen LogP contribution < -0.4 is 0 Å². The molecule has 106 valence electrons. The summed E-state index contributed by atoms with van der Waals surface area (Å²) < 4.78 is 0. The predicted octanol–water partition coefficient (Wildman–Crippen LogP) is 3.72. The molecule has 3 rings (SSSR count). The van der Waals surface area contributed by atoms with Crippen LogP contribution in [0, 0.1) is 0 Å². The van der Waals surface area contributed by atoms with Gasteiger partial charge in [0, 0.05) is 5.56 Å². The number of benzene rings is 2. The monoisotopic (exact) mass is 278 g/mol. The first-order chi connectivity index (χ1) is 10.3. The molecule has 1 heterocycles. The molecule has 3 aromatic rings. The molecule has 1 aromatic heterocycles. The Kier molecular flexibility index (Phi) is 3.84. The van der Waals surface area contributed by atoms with Gasteiger partial charge in [-0.3, -0.25) is 5.10 Å². The van der Waals surface area contributed by atoms with Gasteiger partial charge in [0.15, 0.2) is 0 Å². The molecule has 1 atom stereocenters. The standard InChI is InChI=1S/C18H18N2O/c1-2-13-8-10-15(11-9-13)18(21)16-12-19-20-17(16)14-6-4-3-5-7-14/h3-12,18,21H,2H2,1H3,(H,19,20). The van der Waals surface area contributed by atoms with Gasteiger partial charge in [-0.25, -0.2) is 0 Å². The van der Waals surface area contributed by atoms with E-state index in [-0.39, 0.29) is 0 Å². The molecule has 0 amide bonds. The quantitative estimate of drug-likeness (QED) is 0.764. The summed E-state index contributed by atoms with van der Waals surface area (Å²) in [7, 11) is 0. The third-order valence-corrected chi connectivity index (χ3v) is 3.73. The van der Waals surface area contributed by atoms with Crippen molar-refractivity contribution in [2.75, 3.05) is 0 Å². The Morgan fingerprint density at radius 3 is 2.43 bits per heavy atom. The van der Waals surface area contributed by atoms with E-state index in [9.17, 15) is 5.11 Å². The van der Waals surface area contributed by atoms with E-state index in [1.807, 2.05) is 42.5 Å². The number of nitrogens with one attached hydrogen (secondary N) is 1. The molecule has 3 nitrogen and oxygen atoms in total. The van der Waals surface area contributed by atoms with Crippen LogP contribution in [0.15, 0.2) is 60.8 Å². The number of rotatable bonds is 4. The minimum atomic E-state index is -0.676. The van der Waals surface area contributed by atoms with E-state index >= 15 is 0 Å². The van der Waals surface area contributed by atoms with E-state index in [0.29, 0.717) is 0 Å². The molecule has 2 aromatic carbocycles. The van der Waals surface area contributed by atoms with Gasteiger partial charge in [0.2, 0.25) is 0 Å². The number of H-pyrrole nitrogens is 1. The summed E-state index contributed by atoms with van der Waals surface area (Å²) in [4.78, 5) is 0. The summed E-state index contributed by atoms with van der Waals surface area (Å²) in [5.41, 5.74) is 4.83. The molecule has 0 aliphatic heterocycles. The van der Waals surface area contributed by atoms with Gasteiger partial charge in [-0.05, 0) is 23.1 Å². The van der Waals surface area contributed by atoms with Crippen molar-refractivity contribution in [2.45, 2.75) is 19.4 Å². The average molecular weight is 278 g/mol. The molecule has 0 fully saturated rings. The first-order valence-corrected chi connectivity index (χ1v) is 7.15. The van der Waals surface area contributed by atoms with Gasteiger partial charge in [0.25, 0.3) is 0 Å². The van der Waals surface area contributed by atoms with Crippen LogP contribution in [0.1, 0.15) is 29.7 Å². The topological polar surface area (TPSA) is 48.9 Å². The molecule has 3 heteroatoms. The highest BCUT2D eigenvalue weighted by Gasteiger charge is 2.17. The van der Waals surface area contributed by atoms with E-state index in [1.165, 1.54) is 5.56 Å². The zero-order valence-electron chi connectivity index (χ0n) is 12.0. The van der Waals surface area contributed by atoms with Crippen molar-refractivity contribution in [1.82, 2.24) is 10.2 Å². The number of aliphatic hydroxyl groups is 1. The molecule has 0 saturated carbocycles. The van der Waals surface area contributed by atoms with Crippen LogP contribution in [0.3, 0.4) is 0 Å². The van der Waals surface area contributed by atoms with Gasteiger partial charge in [0.05, 0.1) is 11.9 Å². The largest absolute Gasteiger partial charge is 0.384 e. The number of aromatic nitrogens is 2. The SMILES string of the molecule is CCc1ccc(C(O)c2cn[nH]c2-c2ccccc2)cc1. The van der Waals surface area contributed by atoms with Crippen LogP contribution in [0.5, 0.6) is 0 Å². The van der Waals surface area contributed by atoms with Crippen molar-refractivity contribution in [3.05, 3.63) is 77.5 Å². The number of aliphatic hydroxyl groups excluding tert-OH is 1. The fourth-order valence-electron chi connectivity index (χ4n) is 2.45. The van der Waals surface area contributed by atoms with Gasteiger partial charge in [-0.2, -0.15) is 5.10 Å². The van der Waals surface area contributed by atoms with E-state index < -0.39 is 6.10 Å². The molecule has 0 aliphatic carbocycles. The van der Waals surface area contributed by atoms with Crippen molar-refractivity contribution in [3.63, 3.8) is 0 Å². The smallest absolute Gasteiger partial charge is 0.108 e. The van der Waals surface area contributed by atoms with E-state index in [1.54, 1.807) is 6.20 Å². The van der Waals surface area contributed by atoms with Gasteiger partial charge >= 0.3 is 0 Å². The fourth-order valence-corrected chi connectivity index (χ4v) is 2.45. The molecule has 2 N–H and O–H groups in total. The molecular weight excluding hydrogens is 260 g/mol. The number of hydrogen-bond acceptors (Lipinski definition) is 2. The van der Waals surface area contributed by atoms with Crippen molar-refractivity contribution >= 4 is 0 Å². The third-order valence-electron chi connectivity index (χ3n) is 3.73. The van der Waals surface area contributed by atoms with Gasteiger partial charge in [0.1, 0.15) is 6.10 Å². The molecule has 0 bridgehead atoms. The average Bonchev–Trinajstić information content (AvgIpc) is 3.04. The highest BCUT2D eigenvalue weighted by Crippen LogP contribution is 2.30. The normalized spacial score (nSPS) is 12.3. The number of nitrogens with zero attached hydrogens (tertiary/aromatic N) is 1. The summed E-state index contributed by atoms with van der Waals surface area (Å²) in [5, 5.41) is 17.7. The number of aryl methyl sites for hydroxylation is 1. The molecule has 1 unspecified atom stereocenters. The molecule has 0 aliphatic rings. The summed E-state index contributed by atoms with van der Waals surface area (Å²) in [5.74, 6) is 0. The van der Waals surface area contributed by atoms with E-state index in [2.05, 4.69) is 29.3 Å². The van der Waals surface area contributed by atoms with Crippen LogP contribution in [-0.4, -0.2) is 15.3 Å². The minimum Gasteiger partial charge on any atom is -0.384 e. The Labute approximate surface area is 124 Å².